The van der Waals surface area contributed by atoms with Gasteiger partial charge >= 0.3 is 0 Å². The van der Waals surface area contributed by atoms with E-state index in [2.05, 4.69) is 5.32 Å². The second-order valence-corrected chi connectivity index (χ2v) is 4.88. The maximum absolute atomic E-state index is 5.67. The third-order valence-electron chi connectivity index (χ3n) is 3.41. The molecular weight excluding hydrogens is 294 g/mol. The molecule has 0 unspecified atom stereocenters. The van der Waals surface area contributed by atoms with E-state index >= 15 is 0 Å². The van der Waals surface area contributed by atoms with Crippen molar-refractivity contribution in [3.05, 3.63) is 48.0 Å². The molecule has 0 atom stereocenters. The first-order valence-corrected chi connectivity index (χ1v) is 7.45. The third kappa shape index (κ3) is 5.07. The lowest BCUT2D eigenvalue weighted by atomic mass is 10.2. The summed E-state index contributed by atoms with van der Waals surface area (Å²) in [6.07, 6.45) is 0. The van der Waals surface area contributed by atoms with Crippen molar-refractivity contribution in [2.75, 3.05) is 34.5 Å². The monoisotopic (exact) mass is 317 g/mol. The highest BCUT2D eigenvalue weighted by Crippen LogP contribution is 2.23. The summed E-state index contributed by atoms with van der Waals surface area (Å²) < 4.78 is 21.4. The Morgan fingerprint density at radius 1 is 0.783 bits per heavy atom. The summed E-state index contributed by atoms with van der Waals surface area (Å²) in [7, 11) is 4.96. The molecule has 0 radical (unpaired) electrons. The first kappa shape index (κ1) is 17.0. The Labute approximate surface area is 137 Å². The van der Waals surface area contributed by atoms with Crippen LogP contribution in [0.15, 0.2) is 42.5 Å². The van der Waals surface area contributed by atoms with Crippen LogP contribution in [0.5, 0.6) is 23.0 Å². The van der Waals surface area contributed by atoms with Crippen LogP contribution < -0.4 is 24.3 Å². The summed E-state index contributed by atoms with van der Waals surface area (Å²) in [5.74, 6) is 3.30. The van der Waals surface area contributed by atoms with E-state index < -0.39 is 0 Å². The van der Waals surface area contributed by atoms with Crippen molar-refractivity contribution in [2.45, 2.75) is 6.54 Å². The number of nitrogens with one attached hydrogen (secondary N) is 1. The van der Waals surface area contributed by atoms with Gasteiger partial charge in [0.2, 0.25) is 0 Å². The third-order valence-corrected chi connectivity index (χ3v) is 3.41. The molecule has 2 aromatic carbocycles. The van der Waals surface area contributed by atoms with E-state index in [0.717, 1.165) is 35.1 Å². The van der Waals surface area contributed by atoms with Crippen molar-refractivity contribution in [2.24, 2.45) is 0 Å². The van der Waals surface area contributed by atoms with Gasteiger partial charge in [0.05, 0.1) is 21.3 Å². The quantitative estimate of drug-likeness (QED) is 0.721. The molecule has 23 heavy (non-hydrogen) atoms. The van der Waals surface area contributed by atoms with E-state index in [4.69, 9.17) is 18.9 Å². The summed E-state index contributed by atoms with van der Waals surface area (Å²) in [4.78, 5) is 0. The van der Waals surface area contributed by atoms with Crippen LogP contribution in [-0.4, -0.2) is 34.5 Å². The first-order valence-electron chi connectivity index (χ1n) is 7.45. The van der Waals surface area contributed by atoms with E-state index in [1.807, 2.05) is 42.5 Å². The maximum Gasteiger partial charge on any atom is 0.123 e. The molecular formula is C18H23NO4. The van der Waals surface area contributed by atoms with Crippen molar-refractivity contribution in [3.8, 4) is 23.0 Å². The Balaban J connectivity index is 1.76. The highest BCUT2D eigenvalue weighted by atomic mass is 16.5. The van der Waals surface area contributed by atoms with Crippen LogP contribution in [0.4, 0.5) is 0 Å². The van der Waals surface area contributed by atoms with Gasteiger partial charge in [0.1, 0.15) is 29.6 Å². The largest absolute Gasteiger partial charge is 0.497 e. The average Bonchev–Trinajstić information content (AvgIpc) is 2.61. The molecule has 5 nitrogen and oxygen atoms in total. The molecule has 124 valence electrons. The first-order chi connectivity index (χ1) is 11.3. The molecule has 0 amide bonds. The molecule has 0 aliphatic rings. The zero-order valence-corrected chi connectivity index (χ0v) is 13.8. The van der Waals surface area contributed by atoms with Crippen LogP contribution in [0.3, 0.4) is 0 Å². The summed E-state index contributed by atoms with van der Waals surface area (Å²) in [5, 5.41) is 3.34. The molecule has 0 bridgehead atoms. The predicted molar refractivity (Wildman–Crippen MR) is 89.7 cm³/mol. The van der Waals surface area contributed by atoms with Crippen molar-refractivity contribution in [3.63, 3.8) is 0 Å². The van der Waals surface area contributed by atoms with Crippen molar-refractivity contribution in [1.29, 1.82) is 0 Å². The van der Waals surface area contributed by atoms with E-state index in [1.165, 1.54) is 0 Å². The van der Waals surface area contributed by atoms with Crippen LogP contribution in [0.25, 0.3) is 0 Å². The minimum Gasteiger partial charge on any atom is -0.497 e. The maximum atomic E-state index is 5.67. The smallest absolute Gasteiger partial charge is 0.123 e. The van der Waals surface area contributed by atoms with Crippen LogP contribution in [-0.2, 0) is 6.54 Å². The van der Waals surface area contributed by atoms with Crippen LogP contribution in [0.1, 0.15) is 5.56 Å². The van der Waals surface area contributed by atoms with Gasteiger partial charge in [-0.3, -0.25) is 0 Å². The van der Waals surface area contributed by atoms with Gasteiger partial charge in [-0.05, 0) is 42.5 Å². The second-order valence-electron chi connectivity index (χ2n) is 4.88. The summed E-state index contributed by atoms with van der Waals surface area (Å²) in [6, 6.07) is 13.3. The molecule has 0 fully saturated rings. The Bertz CT molecular complexity index is 598. The summed E-state index contributed by atoms with van der Waals surface area (Å²) in [6.45, 7) is 2.00. The Morgan fingerprint density at radius 2 is 1.43 bits per heavy atom. The number of hydrogen-bond acceptors (Lipinski definition) is 5. The minimum atomic E-state index is 0.582. The Morgan fingerprint density at radius 3 is 2.09 bits per heavy atom. The van der Waals surface area contributed by atoms with E-state index in [9.17, 15) is 0 Å². The molecule has 0 heterocycles. The molecule has 0 aromatic heterocycles. The molecule has 2 rings (SSSR count). The molecule has 0 spiro atoms. The number of benzene rings is 2. The van der Waals surface area contributed by atoms with Crippen LogP contribution in [0, 0.1) is 0 Å². The van der Waals surface area contributed by atoms with E-state index in [1.54, 1.807) is 21.3 Å². The SMILES string of the molecule is COc1ccc(OCCNCc2cc(OC)ccc2OC)cc1. The minimum absolute atomic E-state index is 0.582. The highest BCUT2D eigenvalue weighted by Gasteiger charge is 2.04. The van der Waals surface area contributed by atoms with Gasteiger partial charge in [0, 0.05) is 18.7 Å². The molecule has 0 saturated heterocycles. The van der Waals surface area contributed by atoms with E-state index in [0.29, 0.717) is 13.2 Å². The fraction of sp³-hybridized carbons (Fsp3) is 0.333. The molecule has 0 saturated carbocycles. The van der Waals surface area contributed by atoms with Gasteiger partial charge in [-0.2, -0.15) is 0 Å². The summed E-state index contributed by atoms with van der Waals surface area (Å²) >= 11 is 0. The second kappa shape index (κ2) is 8.90. The van der Waals surface area contributed by atoms with Gasteiger partial charge < -0.3 is 24.3 Å². The average molecular weight is 317 g/mol. The van der Waals surface area contributed by atoms with Crippen molar-refractivity contribution < 1.29 is 18.9 Å². The van der Waals surface area contributed by atoms with Crippen molar-refractivity contribution in [1.82, 2.24) is 5.32 Å². The molecule has 0 aliphatic carbocycles. The van der Waals surface area contributed by atoms with Gasteiger partial charge in [-0.15, -0.1) is 0 Å². The van der Waals surface area contributed by atoms with Gasteiger partial charge in [-0.25, -0.2) is 0 Å². The Hall–Kier alpha value is -2.40. The zero-order valence-electron chi connectivity index (χ0n) is 13.8. The Kier molecular flexibility index (Phi) is 6.56. The number of hydrogen-bond donors (Lipinski definition) is 1. The fourth-order valence-electron chi connectivity index (χ4n) is 2.16. The number of rotatable bonds is 9. The topological polar surface area (TPSA) is 49.0 Å². The molecule has 2 aromatic rings. The van der Waals surface area contributed by atoms with Gasteiger partial charge in [0.15, 0.2) is 0 Å². The lowest BCUT2D eigenvalue weighted by Gasteiger charge is -2.12. The van der Waals surface area contributed by atoms with Gasteiger partial charge in [-0.1, -0.05) is 0 Å². The lowest BCUT2D eigenvalue weighted by molar-refractivity contribution is 0.312. The van der Waals surface area contributed by atoms with Gasteiger partial charge in [0.25, 0.3) is 0 Å². The molecule has 0 aliphatic heterocycles. The predicted octanol–water partition coefficient (Wildman–Crippen LogP) is 2.88. The van der Waals surface area contributed by atoms with Crippen LogP contribution >= 0.6 is 0 Å². The molecule has 1 N–H and O–H groups in total. The molecule has 5 heteroatoms. The highest BCUT2D eigenvalue weighted by molar-refractivity contribution is 5.40. The number of methoxy groups -OCH3 is 3. The normalized spacial score (nSPS) is 10.2. The number of ether oxygens (including phenoxy) is 4. The lowest BCUT2D eigenvalue weighted by Crippen LogP contribution is -2.21. The van der Waals surface area contributed by atoms with E-state index in [-0.39, 0.29) is 0 Å². The standard InChI is InChI=1S/C18H23NO4/c1-20-15-4-6-16(7-5-15)23-11-10-19-13-14-12-17(21-2)8-9-18(14)22-3/h4-9,12,19H,10-11,13H2,1-3H3. The fourth-order valence-corrected chi connectivity index (χ4v) is 2.16. The van der Waals surface area contributed by atoms with Crippen LogP contribution in [0.2, 0.25) is 0 Å². The van der Waals surface area contributed by atoms with Crippen molar-refractivity contribution >= 4 is 0 Å². The summed E-state index contributed by atoms with van der Waals surface area (Å²) in [5.41, 5.74) is 1.05. The zero-order chi connectivity index (χ0) is 16.5.